The normalized spacial score (nSPS) is 9.71. The lowest BCUT2D eigenvalue weighted by molar-refractivity contribution is 0.476. The molecule has 2 aromatic carbocycles. The average molecular weight is 248 g/mol. The van der Waals surface area contributed by atoms with Gasteiger partial charge in [0, 0.05) is 11.1 Å². The summed E-state index contributed by atoms with van der Waals surface area (Å²) in [4.78, 5) is 0. The number of nitriles is 1. The summed E-state index contributed by atoms with van der Waals surface area (Å²) >= 11 is 5.79. The predicted octanol–water partition coefficient (Wildman–Crippen LogP) is 4.14. The minimum Gasteiger partial charge on any atom is -0.457 e. The van der Waals surface area contributed by atoms with Crippen LogP contribution in [0.25, 0.3) is 0 Å². The lowest BCUT2D eigenvalue weighted by Crippen LogP contribution is -1.87. The Labute approximate surface area is 103 Å². The van der Waals surface area contributed by atoms with Gasteiger partial charge in [0.05, 0.1) is 11.6 Å². The zero-order chi connectivity index (χ0) is 12.3. The Balaban J connectivity index is 2.30. The first kappa shape index (κ1) is 11.4. The topological polar surface area (TPSA) is 33.0 Å². The number of rotatable bonds is 2. The van der Waals surface area contributed by atoms with E-state index < -0.39 is 5.82 Å². The molecule has 0 N–H and O–H groups in total. The van der Waals surface area contributed by atoms with E-state index in [1.54, 1.807) is 24.3 Å². The molecule has 0 saturated carbocycles. The largest absolute Gasteiger partial charge is 0.457 e. The summed E-state index contributed by atoms with van der Waals surface area (Å²) in [6, 6.07) is 12.4. The average Bonchev–Trinajstić information content (AvgIpc) is 2.28. The van der Waals surface area contributed by atoms with Crippen LogP contribution in [0.1, 0.15) is 5.56 Å². The van der Waals surface area contributed by atoms with Gasteiger partial charge >= 0.3 is 0 Å². The van der Waals surface area contributed by atoms with Crippen LogP contribution < -0.4 is 4.74 Å². The number of nitrogens with zero attached hydrogens (tertiary/aromatic N) is 1. The van der Waals surface area contributed by atoms with Crippen LogP contribution in [-0.2, 0) is 0 Å². The number of ether oxygens (including phenoxy) is 1. The maximum atomic E-state index is 13.1. The highest BCUT2D eigenvalue weighted by Crippen LogP contribution is 2.25. The molecule has 0 fully saturated rings. The van der Waals surface area contributed by atoms with Crippen LogP contribution in [0.15, 0.2) is 42.5 Å². The van der Waals surface area contributed by atoms with Gasteiger partial charge in [0.15, 0.2) is 0 Å². The van der Waals surface area contributed by atoms with Gasteiger partial charge in [0.25, 0.3) is 0 Å². The van der Waals surface area contributed by atoms with E-state index in [2.05, 4.69) is 0 Å². The summed E-state index contributed by atoms with van der Waals surface area (Å²) in [6.45, 7) is 0. The van der Waals surface area contributed by atoms with Crippen molar-refractivity contribution in [1.29, 1.82) is 5.26 Å². The highest BCUT2D eigenvalue weighted by molar-refractivity contribution is 6.30. The van der Waals surface area contributed by atoms with Crippen molar-refractivity contribution >= 4 is 11.6 Å². The molecule has 0 bridgehead atoms. The van der Waals surface area contributed by atoms with Gasteiger partial charge in [-0.3, -0.25) is 0 Å². The molecule has 84 valence electrons. The molecule has 17 heavy (non-hydrogen) atoms. The van der Waals surface area contributed by atoms with Crippen molar-refractivity contribution in [1.82, 2.24) is 0 Å². The molecule has 0 atom stereocenters. The molecule has 0 aromatic heterocycles. The summed E-state index contributed by atoms with van der Waals surface area (Å²) in [5.74, 6) is 0.247. The second kappa shape index (κ2) is 4.86. The highest BCUT2D eigenvalue weighted by Gasteiger charge is 2.03. The second-order valence-corrected chi connectivity index (χ2v) is 3.78. The lowest BCUT2D eigenvalue weighted by atomic mass is 10.2. The first-order chi connectivity index (χ1) is 8.17. The van der Waals surface area contributed by atoms with Gasteiger partial charge < -0.3 is 4.74 Å². The molecule has 0 radical (unpaired) electrons. The zero-order valence-corrected chi connectivity index (χ0v) is 9.41. The van der Waals surface area contributed by atoms with Gasteiger partial charge in [-0.05, 0) is 30.3 Å². The SMILES string of the molecule is N#Cc1cc(F)cc(Oc2cccc(Cl)c2)c1. The second-order valence-electron chi connectivity index (χ2n) is 3.35. The third kappa shape index (κ3) is 2.96. The summed E-state index contributed by atoms with van der Waals surface area (Å²) < 4.78 is 18.5. The molecule has 0 aliphatic heterocycles. The Bertz CT molecular complexity index is 592. The molecule has 2 aromatic rings. The molecular weight excluding hydrogens is 241 g/mol. The summed E-state index contributed by atoms with van der Waals surface area (Å²) in [5.41, 5.74) is 0.210. The van der Waals surface area contributed by atoms with Crippen molar-refractivity contribution in [2.75, 3.05) is 0 Å². The fraction of sp³-hybridized carbons (Fsp3) is 0. The molecule has 0 amide bonds. The van der Waals surface area contributed by atoms with Gasteiger partial charge in [-0.25, -0.2) is 4.39 Å². The molecule has 2 rings (SSSR count). The Kier molecular flexibility index (Phi) is 3.27. The first-order valence-corrected chi connectivity index (χ1v) is 5.19. The predicted molar refractivity (Wildman–Crippen MR) is 62.6 cm³/mol. The summed E-state index contributed by atoms with van der Waals surface area (Å²) in [6.07, 6.45) is 0. The monoisotopic (exact) mass is 247 g/mol. The van der Waals surface area contributed by atoms with E-state index in [0.717, 1.165) is 6.07 Å². The molecule has 0 unspecified atom stereocenters. The van der Waals surface area contributed by atoms with Crippen LogP contribution >= 0.6 is 11.6 Å². The van der Waals surface area contributed by atoms with Gasteiger partial charge in [-0.2, -0.15) is 5.26 Å². The summed E-state index contributed by atoms with van der Waals surface area (Å²) in [7, 11) is 0. The Morgan fingerprint density at radius 2 is 1.94 bits per heavy atom. The zero-order valence-electron chi connectivity index (χ0n) is 8.65. The standard InChI is InChI=1S/C13H7ClFNO/c14-10-2-1-3-12(6-10)17-13-5-9(8-16)4-11(15)7-13/h1-7H. The number of benzene rings is 2. The van der Waals surface area contributed by atoms with Gasteiger partial charge in [0.2, 0.25) is 0 Å². The Morgan fingerprint density at radius 3 is 2.65 bits per heavy atom. The third-order valence-electron chi connectivity index (χ3n) is 2.03. The van der Waals surface area contributed by atoms with Crippen LogP contribution in [0.4, 0.5) is 4.39 Å². The van der Waals surface area contributed by atoms with Crippen molar-refractivity contribution in [2.24, 2.45) is 0 Å². The Morgan fingerprint density at radius 1 is 1.12 bits per heavy atom. The fourth-order valence-electron chi connectivity index (χ4n) is 1.35. The molecule has 4 heteroatoms. The molecule has 0 aliphatic carbocycles. The van der Waals surface area contributed by atoms with Crippen molar-refractivity contribution < 1.29 is 9.13 Å². The maximum absolute atomic E-state index is 13.1. The lowest BCUT2D eigenvalue weighted by Gasteiger charge is -2.06. The molecule has 0 saturated heterocycles. The fourth-order valence-corrected chi connectivity index (χ4v) is 1.53. The third-order valence-corrected chi connectivity index (χ3v) is 2.27. The van der Waals surface area contributed by atoms with Crippen LogP contribution in [-0.4, -0.2) is 0 Å². The van der Waals surface area contributed by atoms with Crippen molar-refractivity contribution in [3.05, 3.63) is 58.9 Å². The van der Waals surface area contributed by atoms with Crippen molar-refractivity contribution in [3.63, 3.8) is 0 Å². The number of halogens is 2. The van der Waals surface area contributed by atoms with Gasteiger partial charge in [0.1, 0.15) is 17.3 Å². The molecule has 0 aliphatic rings. The molecule has 0 spiro atoms. The molecule has 2 nitrogen and oxygen atoms in total. The van der Waals surface area contributed by atoms with E-state index in [1.165, 1.54) is 12.1 Å². The van der Waals surface area contributed by atoms with Crippen LogP contribution in [0.2, 0.25) is 5.02 Å². The van der Waals surface area contributed by atoms with Crippen LogP contribution in [0, 0.1) is 17.1 Å². The number of hydrogen-bond acceptors (Lipinski definition) is 2. The molecule has 0 heterocycles. The van der Waals surface area contributed by atoms with Gasteiger partial charge in [-0.1, -0.05) is 17.7 Å². The van der Waals surface area contributed by atoms with Crippen molar-refractivity contribution in [2.45, 2.75) is 0 Å². The van der Waals surface area contributed by atoms with E-state index in [-0.39, 0.29) is 11.3 Å². The summed E-state index contributed by atoms with van der Waals surface area (Å²) in [5, 5.41) is 9.23. The van der Waals surface area contributed by atoms with E-state index in [9.17, 15) is 4.39 Å². The molecular formula is C13H7ClFNO. The van der Waals surface area contributed by atoms with Gasteiger partial charge in [-0.15, -0.1) is 0 Å². The first-order valence-electron chi connectivity index (χ1n) is 4.81. The number of hydrogen-bond donors (Lipinski definition) is 0. The van der Waals surface area contributed by atoms with E-state index in [0.29, 0.717) is 10.8 Å². The van der Waals surface area contributed by atoms with E-state index in [1.807, 2.05) is 6.07 Å². The minimum atomic E-state index is -0.513. The van der Waals surface area contributed by atoms with Crippen molar-refractivity contribution in [3.8, 4) is 17.6 Å². The quantitative estimate of drug-likeness (QED) is 0.799. The van der Waals surface area contributed by atoms with E-state index >= 15 is 0 Å². The maximum Gasteiger partial charge on any atom is 0.131 e. The van der Waals surface area contributed by atoms with Crippen LogP contribution in [0.5, 0.6) is 11.5 Å². The van der Waals surface area contributed by atoms with E-state index in [4.69, 9.17) is 21.6 Å². The minimum absolute atomic E-state index is 0.210. The highest BCUT2D eigenvalue weighted by atomic mass is 35.5. The van der Waals surface area contributed by atoms with Crippen LogP contribution in [0.3, 0.4) is 0 Å². The smallest absolute Gasteiger partial charge is 0.131 e. The Hall–Kier alpha value is -2.05.